The first-order chi connectivity index (χ1) is 8.99. The Morgan fingerprint density at radius 2 is 1.79 bits per heavy atom. The minimum atomic E-state index is -4.23. The third kappa shape index (κ3) is 2.50. The van der Waals surface area contributed by atoms with E-state index in [4.69, 9.17) is 0 Å². The molecular weight excluding hydrogens is 251 g/mol. The van der Waals surface area contributed by atoms with Crippen molar-refractivity contribution in [3.05, 3.63) is 35.4 Å². The maximum Gasteiger partial charge on any atom is 0.416 e. The van der Waals surface area contributed by atoms with Gasteiger partial charge in [-0.15, -0.1) is 0 Å². The molecule has 1 saturated heterocycles. The fraction of sp³-hybridized carbons (Fsp3) is 0.600. The largest absolute Gasteiger partial charge is 0.416 e. The molecule has 0 atom stereocenters. The van der Waals surface area contributed by atoms with Crippen LogP contribution in [0.25, 0.3) is 0 Å². The molecule has 0 aromatic heterocycles. The van der Waals surface area contributed by atoms with Gasteiger partial charge in [-0.05, 0) is 61.7 Å². The summed E-state index contributed by atoms with van der Waals surface area (Å²) >= 11 is 0. The molecule has 1 spiro atoms. The SMILES string of the molecule is FC(F)(F)c1cccc(C2CC3(CCNCC3)C2)c1. The van der Waals surface area contributed by atoms with Gasteiger partial charge in [0.05, 0.1) is 5.56 Å². The van der Waals surface area contributed by atoms with E-state index in [2.05, 4.69) is 5.32 Å². The van der Waals surface area contributed by atoms with Gasteiger partial charge in [-0.3, -0.25) is 0 Å². The van der Waals surface area contributed by atoms with Crippen molar-refractivity contribution in [2.45, 2.75) is 37.8 Å². The van der Waals surface area contributed by atoms with Crippen molar-refractivity contribution in [1.29, 1.82) is 0 Å². The van der Waals surface area contributed by atoms with Gasteiger partial charge in [-0.2, -0.15) is 13.2 Å². The molecule has 1 nitrogen and oxygen atoms in total. The molecule has 0 amide bonds. The van der Waals surface area contributed by atoms with Crippen molar-refractivity contribution >= 4 is 0 Å². The zero-order valence-corrected chi connectivity index (χ0v) is 10.8. The molecule has 0 radical (unpaired) electrons. The van der Waals surface area contributed by atoms with Crippen LogP contribution in [0, 0.1) is 5.41 Å². The summed E-state index contributed by atoms with van der Waals surface area (Å²) in [4.78, 5) is 0. The van der Waals surface area contributed by atoms with E-state index in [0.717, 1.165) is 37.6 Å². The first-order valence-corrected chi connectivity index (χ1v) is 6.86. The monoisotopic (exact) mass is 269 g/mol. The van der Waals surface area contributed by atoms with E-state index in [1.54, 1.807) is 0 Å². The second kappa shape index (κ2) is 4.51. The third-order valence-corrected chi connectivity index (χ3v) is 4.71. The zero-order valence-electron chi connectivity index (χ0n) is 10.8. The number of rotatable bonds is 1. The quantitative estimate of drug-likeness (QED) is 0.814. The highest BCUT2D eigenvalue weighted by Crippen LogP contribution is 2.56. The minimum absolute atomic E-state index is 0.320. The van der Waals surface area contributed by atoms with Crippen molar-refractivity contribution < 1.29 is 13.2 Å². The Morgan fingerprint density at radius 1 is 1.11 bits per heavy atom. The Balaban J connectivity index is 1.71. The van der Waals surface area contributed by atoms with Crippen LogP contribution in [-0.2, 0) is 6.18 Å². The predicted octanol–water partition coefficient (Wildman–Crippen LogP) is 3.95. The maximum atomic E-state index is 12.7. The molecule has 1 aromatic carbocycles. The summed E-state index contributed by atoms with van der Waals surface area (Å²) in [6, 6.07) is 5.86. The van der Waals surface area contributed by atoms with Crippen LogP contribution in [0.1, 0.15) is 42.7 Å². The number of piperidine rings is 1. The summed E-state index contributed by atoms with van der Waals surface area (Å²) < 4.78 is 38.1. The number of hydrogen-bond acceptors (Lipinski definition) is 1. The van der Waals surface area contributed by atoms with Gasteiger partial charge in [-0.1, -0.05) is 18.2 Å². The topological polar surface area (TPSA) is 12.0 Å². The fourth-order valence-corrected chi connectivity index (χ4v) is 3.56. The first-order valence-electron chi connectivity index (χ1n) is 6.86. The average Bonchev–Trinajstić information content (AvgIpc) is 2.36. The molecule has 3 rings (SSSR count). The number of halogens is 3. The normalized spacial score (nSPS) is 23.3. The van der Waals surface area contributed by atoms with Gasteiger partial charge < -0.3 is 5.32 Å². The summed E-state index contributed by atoms with van der Waals surface area (Å²) in [5.74, 6) is 0.320. The summed E-state index contributed by atoms with van der Waals surface area (Å²) in [7, 11) is 0. The Labute approximate surface area is 111 Å². The lowest BCUT2D eigenvalue weighted by Crippen LogP contribution is -2.44. The Kier molecular flexibility index (Phi) is 3.08. The fourth-order valence-electron chi connectivity index (χ4n) is 3.56. The van der Waals surface area contributed by atoms with Gasteiger partial charge in [-0.25, -0.2) is 0 Å². The highest BCUT2D eigenvalue weighted by Gasteiger charge is 2.45. The molecule has 1 aliphatic carbocycles. The lowest BCUT2D eigenvalue weighted by atomic mass is 9.56. The summed E-state index contributed by atoms with van der Waals surface area (Å²) in [6.07, 6.45) is 0.211. The molecule has 2 aliphatic rings. The van der Waals surface area contributed by atoms with Gasteiger partial charge >= 0.3 is 6.18 Å². The molecular formula is C15H18F3N. The number of alkyl halides is 3. The number of nitrogens with one attached hydrogen (secondary N) is 1. The smallest absolute Gasteiger partial charge is 0.317 e. The average molecular weight is 269 g/mol. The standard InChI is InChI=1S/C15H18F3N/c16-15(17,18)13-3-1-2-11(8-13)12-9-14(10-12)4-6-19-7-5-14/h1-3,8,12,19H,4-7,9-10H2. The van der Waals surface area contributed by atoms with Gasteiger partial charge in [0.15, 0.2) is 0 Å². The molecule has 0 unspecified atom stereocenters. The molecule has 0 bridgehead atoms. The van der Waals surface area contributed by atoms with Crippen molar-refractivity contribution in [2.75, 3.05) is 13.1 Å². The summed E-state index contributed by atoms with van der Waals surface area (Å²) in [5, 5.41) is 3.34. The van der Waals surface area contributed by atoms with E-state index in [0.29, 0.717) is 11.3 Å². The Morgan fingerprint density at radius 3 is 2.42 bits per heavy atom. The van der Waals surface area contributed by atoms with E-state index >= 15 is 0 Å². The second-order valence-corrected chi connectivity index (χ2v) is 5.98. The van der Waals surface area contributed by atoms with Crippen LogP contribution in [-0.4, -0.2) is 13.1 Å². The van der Waals surface area contributed by atoms with Crippen LogP contribution in [0.5, 0.6) is 0 Å². The van der Waals surface area contributed by atoms with Crippen LogP contribution < -0.4 is 5.32 Å². The van der Waals surface area contributed by atoms with Crippen molar-refractivity contribution in [2.24, 2.45) is 5.41 Å². The third-order valence-electron chi connectivity index (χ3n) is 4.71. The summed E-state index contributed by atoms with van der Waals surface area (Å²) in [5.41, 5.74) is 0.750. The van der Waals surface area contributed by atoms with Crippen molar-refractivity contribution in [3.8, 4) is 0 Å². The molecule has 19 heavy (non-hydrogen) atoms. The molecule has 1 heterocycles. The highest BCUT2D eigenvalue weighted by molar-refractivity contribution is 5.30. The van der Waals surface area contributed by atoms with Gasteiger partial charge in [0.2, 0.25) is 0 Å². The molecule has 1 saturated carbocycles. The van der Waals surface area contributed by atoms with E-state index in [9.17, 15) is 13.2 Å². The van der Waals surface area contributed by atoms with Crippen LogP contribution in [0.4, 0.5) is 13.2 Å². The van der Waals surface area contributed by atoms with Crippen LogP contribution >= 0.6 is 0 Å². The molecule has 1 N–H and O–H groups in total. The van der Waals surface area contributed by atoms with E-state index < -0.39 is 11.7 Å². The lowest BCUT2D eigenvalue weighted by molar-refractivity contribution is -0.137. The molecule has 1 aromatic rings. The van der Waals surface area contributed by atoms with Crippen LogP contribution in [0.15, 0.2) is 24.3 Å². The summed E-state index contributed by atoms with van der Waals surface area (Å²) in [6.45, 7) is 2.10. The number of hydrogen-bond donors (Lipinski definition) is 1. The first kappa shape index (κ1) is 13.0. The molecule has 2 fully saturated rings. The lowest BCUT2D eigenvalue weighted by Gasteiger charge is -2.50. The van der Waals surface area contributed by atoms with Crippen molar-refractivity contribution in [1.82, 2.24) is 5.32 Å². The second-order valence-electron chi connectivity index (χ2n) is 5.98. The zero-order chi connectivity index (χ0) is 13.5. The minimum Gasteiger partial charge on any atom is -0.317 e. The van der Waals surface area contributed by atoms with E-state index in [1.807, 2.05) is 6.07 Å². The van der Waals surface area contributed by atoms with E-state index in [1.165, 1.54) is 25.0 Å². The van der Waals surface area contributed by atoms with Crippen LogP contribution in [0.2, 0.25) is 0 Å². The molecule has 104 valence electrons. The number of benzene rings is 1. The van der Waals surface area contributed by atoms with Gasteiger partial charge in [0.1, 0.15) is 0 Å². The molecule has 4 heteroatoms. The van der Waals surface area contributed by atoms with Crippen molar-refractivity contribution in [3.63, 3.8) is 0 Å². The predicted molar refractivity (Wildman–Crippen MR) is 68.0 cm³/mol. The maximum absolute atomic E-state index is 12.7. The highest BCUT2D eigenvalue weighted by atomic mass is 19.4. The van der Waals surface area contributed by atoms with Gasteiger partial charge in [0.25, 0.3) is 0 Å². The van der Waals surface area contributed by atoms with E-state index in [-0.39, 0.29) is 0 Å². The Bertz CT molecular complexity index is 453. The Hall–Kier alpha value is -1.03. The molecule has 1 aliphatic heterocycles. The van der Waals surface area contributed by atoms with Crippen LogP contribution in [0.3, 0.4) is 0 Å². The van der Waals surface area contributed by atoms with Gasteiger partial charge in [0, 0.05) is 0 Å².